The van der Waals surface area contributed by atoms with Crippen molar-refractivity contribution in [2.24, 2.45) is 11.5 Å². The molecule has 3 rings (SSSR count). The van der Waals surface area contributed by atoms with E-state index in [1.54, 1.807) is 6.20 Å². The molecule has 2 aromatic heterocycles. The number of nitrogens with zero attached hydrogens (tertiary/aromatic N) is 1. The Balaban J connectivity index is 1.83. The van der Waals surface area contributed by atoms with Gasteiger partial charge in [-0.25, -0.2) is 9.78 Å². The number of carbonyl (C=O) groups is 4. The summed E-state index contributed by atoms with van der Waals surface area (Å²) in [4.78, 5) is 60.8. The summed E-state index contributed by atoms with van der Waals surface area (Å²) in [5.74, 6) is -3.48. The minimum absolute atomic E-state index is 0.0539. The summed E-state index contributed by atoms with van der Waals surface area (Å²) in [5, 5.41) is 27.0. The number of nitrogens with two attached hydrogens (primary N) is 2. The van der Waals surface area contributed by atoms with Gasteiger partial charge in [0.25, 0.3) is 0 Å². The second kappa shape index (κ2) is 14.8. The molecule has 4 unspecified atom stereocenters. The van der Waals surface area contributed by atoms with Gasteiger partial charge in [0.1, 0.15) is 18.1 Å². The van der Waals surface area contributed by atoms with Gasteiger partial charge in [0, 0.05) is 41.8 Å². The predicted molar refractivity (Wildman–Crippen MR) is 146 cm³/mol. The van der Waals surface area contributed by atoms with Gasteiger partial charge in [-0.2, -0.15) is 0 Å². The summed E-state index contributed by atoms with van der Waals surface area (Å²) in [6.45, 7) is -0.369. The maximum Gasteiger partial charge on any atom is 0.328 e. The molecule has 14 heteroatoms. The molecule has 0 bridgehead atoms. The molecule has 3 amide bonds. The lowest BCUT2D eigenvalue weighted by molar-refractivity contribution is -0.143. The number of hydrogen-bond donors (Lipinski definition) is 9. The quantitative estimate of drug-likeness (QED) is 0.0947. The highest BCUT2D eigenvalue weighted by Crippen LogP contribution is 2.19. The summed E-state index contributed by atoms with van der Waals surface area (Å²) < 4.78 is 0. The van der Waals surface area contributed by atoms with Crippen molar-refractivity contribution in [3.8, 4) is 0 Å². The van der Waals surface area contributed by atoms with E-state index >= 15 is 0 Å². The summed E-state index contributed by atoms with van der Waals surface area (Å²) in [5.41, 5.74) is 13.7. The number of hydrogen-bond acceptors (Lipinski definition) is 8. The van der Waals surface area contributed by atoms with Crippen LogP contribution in [0.2, 0.25) is 0 Å². The molecule has 40 heavy (non-hydrogen) atoms. The van der Waals surface area contributed by atoms with Gasteiger partial charge in [-0.1, -0.05) is 24.6 Å². The van der Waals surface area contributed by atoms with E-state index in [-0.39, 0.29) is 12.8 Å². The Kier molecular flexibility index (Phi) is 11.2. The molecule has 0 saturated heterocycles. The Labute approximate surface area is 230 Å². The van der Waals surface area contributed by atoms with Gasteiger partial charge in [0.05, 0.1) is 19.0 Å². The van der Waals surface area contributed by atoms with Gasteiger partial charge < -0.3 is 47.6 Å². The first-order valence-corrected chi connectivity index (χ1v) is 13.0. The minimum atomic E-state index is -1.57. The third kappa shape index (κ3) is 8.36. The molecular formula is C26H36N8O6. The van der Waals surface area contributed by atoms with E-state index in [1.165, 1.54) is 12.5 Å². The number of carbonyl (C=O) groups excluding carboxylic acids is 3. The van der Waals surface area contributed by atoms with E-state index in [1.807, 2.05) is 24.3 Å². The average molecular weight is 557 g/mol. The zero-order valence-electron chi connectivity index (χ0n) is 21.9. The molecule has 0 aliphatic heterocycles. The van der Waals surface area contributed by atoms with E-state index in [9.17, 15) is 29.4 Å². The standard InChI is InChI=1S/C26H36N8O6/c27-8-4-3-6-18(28)23(36)32-20(9-15-11-30-19-7-2-1-5-17(15)19)24(37)33-21(10-16-12-29-14-31-16)25(38)34-22(13-35)26(39)40/h1-2,5,7,11-12,14,18,20-22,30,35H,3-4,6,8-10,13,27-28H2,(H,29,31)(H,32,36)(H,33,37)(H,34,38)(H,39,40). The molecule has 14 nitrogen and oxygen atoms in total. The summed E-state index contributed by atoms with van der Waals surface area (Å²) in [6, 6.07) is 2.68. The van der Waals surface area contributed by atoms with Crippen molar-refractivity contribution >= 4 is 34.6 Å². The first-order valence-electron chi connectivity index (χ1n) is 13.0. The van der Waals surface area contributed by atoms with E-state index in [0.717, 1.165) is 16.5 Å². The molecule has 216 valence electrons. The fourth-order valence-corrected chi connectivity index (χ4v) is 4.20. The van der Waals surface area contributed by atoms with Gasteiger partial charge in [0.2, 0.25) is 17.7 Å². The maximum absolute atomic E-state index is 13.6. The first kappa shape index (κ1) is 30.3. The number of aliphatic carboxylic acids is 1. The number of imidazole rings is 1. The number of aliphatic hydroxyl groups excluding tert-OH is 1. The fraction of sp³-hybridized carbons (Fsp3) is 0.423. The number of aromatic nitrogens is 3. The van der Waals surface area contributed by atoms with Crippen LogP contribution in [-0.2, 0) is 32.0 Å². The number of rotatable bonds is 16. The van der Waals surface area contributed by atoms with Crippen molar-refractivity contribution in [2.75, 3.05) is 13.2 Å². The lowest BCUT2D eigenvalue weighted by atomic mass is 10.0. The van der Waals surface area contributed by atoms with Crippen molar-refractivity contribution in [2.45, 2.75) is 56.3 Å². The molecule has 0 spiro atoms. The number of carboxylic acid groups (broad SMARTS) is 1. The second-order valence-electron chi connectivity index (χ2n) is 9.44. The normalized spacial score (nSPS) is 14.2. The SMILES string of the molecule is NCCCCC(N)C(=O)NC(Cc1c[nH]c2ccccc12)C(=O)NC(Cc1cnc[nH]1)C(=O)NC(CO)C(=O)O. The number of fused-ring (bicyclic) bond motifs is 1. The van der Waals surface area contributed by atoms with Crippen molar-refractivity contribution in [1.82, 2.24) is 30.9 Å². The molecule has 0 saturated carbocycles. The largest absolute Gasteiger partial charge is 0.480 e. The highest BCUT2D eigenvalue weighted by molar-refractivity contribution is 5.95. The second-order valence-corrected chi connectivity index (χ2v) is 9.44. The smallest absolute Gasteiger partial charge is 0.328 e. The molecule has 4 atom stereocenters. The first-order chi connectivity index (χ1) is 19.2. The molecule has 1 aromatic carbocycles. The summed E-state index contributed by atoms with van der Waals surface area (Å²) in [6.07, 6.45) is 6.36. The Hall–Kier alpha value is -4.27. The molecule has 0 aliphatic carbocycles. The van der Waals surface area contributed by atoms with Crippen molar-refractivity contribution in [3.05, 3.63) is 54.2 Å². The fourth-order valence-electron chi connectivity index (χ4n) is 4.20. The number of benzene rings is 1. The maximum atomic E-state index is 13.6. The minimum Gasteiger partial charge on any atom is -0.480 e. The van der Waals surface area contributed by atoms with Crippen LogP contribution in [0.25, 0.3) is 10.9 Å². The number of aromatic amines is 2. The van der Waals surface area contributed by atoms with Crippen LogP contribution in [0.1, 0.15) is 30.5 Å². The molecule has 0 aliphatic rings. The van der Waals surface area contributed by atoms with Crippen molar-refractivity contribution in [3.63, 3.8) is 0 Å². The third-order valence-corrected chi connectivity index (χ3v) is 6.45. The van der Waals surface area contributed by atoms with E-state index in [0.29, 0.717) is 31.5 Å². The van der Waals surface area contributed by atoms with E-state index in [2.05, 4.69) is 30.9 Å². The molecule has 11 N–H and O–H groups in total. The highest BCUT2D eigenvalue weighted by Gasteiger charge is 2.31. The molecule has 0 radical (unpaired) electrons. The molecule has 0 fully saturated rings. The predicted octanol–water partition coefficient (Wildman–Crippen LogP) is -1.34. The lowest BCUT2D eigenvalue weighted by Gasteiger charge is -2.25. The van der Waals surface area contributed by atoms with E-state index in [4.69, 9.17) is 11.5 Å². The van der Waals surface area contributed by atoms with Crippen LogP contribution >= 0.6 is 0 Å². The number of H-pyrrole nitrogens is 2. The van der Waals surface area contributed by atoms with Crippen LogP contribution in [0.4, 0.5) is 0 Å². The summed E-state index contributed by atoms with van der Waals surface area (Å²) >= 11 is 0. The third-order valence-electron chi connectivity index (χ3n) is 6.45. The number of aliphatic hydroxyl groups is 1. The number of carboxylic acids is 1. The Bertz CT molecular complexity index is 1280. The Morgan fingerprint density at radius 2 is 1.60 bits per heavy atom. The number of nitrogens with one attached hydrogen (secondary N) is 5. The Morgan fingerprint density at radius 1 is 0.925 bits per heavy atom. The molecule has 3 aromatic rings. The van der Waals surface area contributed by atoms with Gasteiger partial charge in [-0.3, -0.25) is 14.4 Å². The van der Waals surface area contributed by atoms with Gasteiger partial charge in [-0.15, -0.1) is 0 Å². The number of amides is 3. The molecule has 2 heterocycles. The van der Waals surface area contributed by atoms with E-state index < -0.39 is 54.5 Å². The van der Waals surface area contributed by atoms with Crippen LogP contribution < -0.4 is 27.4 Å². The van der Waals surface area contributed by atoms with Crippen LogP contribution in [0.15, 0.2) is 43.0 Å². The van der Waals surface area contributed by atoms with Gasteiger partial charge in [0.15, 0.2) is 0 Å². The summed E-state index contributed by atoms with van der Waals surface area (Å²) in [7, 11) is 0. The number of unbranched alkanes of at least 4 members (excludes halogenated alkanes) is 1. The zero-order valence-corrected chi connectivity index (χ0v) is 21.9. The topological polar surface area (TPSA) is 241 Å². The van der Waals surface area contributed by atoms with Crippen molar-refractivity contribution in [1.29, 1.82) is 0 Å². The van der Waals surface area contributed by atoms with Crippen LogP contribution in [0.5, 0.6) is 0 Å². The van der Waals surface area contributed by atoms with Gasteiger partial charge >= 0.3 is 5.97 Å². The highest BCUT2D eigenvalue weighted by atomic mass is 16.4. The van der Waals surface area contributed by atoms with Crippen LogP contribution in [0.3, 0.4) is 0 Å². The van der Waals surface area contributed by atoms with Gasteiger partial charge in [-0.05, 0) is 31.0 Å². The zero-order chi connectivity index (χ0) is 29.1. The lowest BCUT2D eigenvalue weighted by Crippen LogP contribution is -2.58. The van der Waals surface area contributed by atoms with Crippen LogP contribution in [0, 0.1) is 0 Å². The van der Waals surface area contributed by atoms with Crippen LogP contribution in [-0.4, -0.2) is 86.2 Å². The average Bonchev–Trinajstić information content (AvgIpc) is 3.60. The Morgan fingerprint density at radius 3 is 2.25 bits per heavy atom. The van der Waals surface area contributed by atoms with Crippen molar-refractivity contribution < 1.29 is 29.4 Å². The monoisotopic (exact) mass is 556 g/mol. The molecular weight excluding hydrogens is 520 g/mol. The number of para-hydroxylation sites is 1.